The van der Waals surface area contributed by atoms with Crippen LogP contribution in [0.1, 0.15) is 25.7 Å². The Morgan fingerprint density at radius 3 is 2.35 bits per heavy atom. The van der Waals surface area contributed by atoms with Crippen LogP contribution in [0.2, 0.25) is 0 Å². The van der Waals surface area contributed by atoms with Crippen LogP contribution in [-0.4, -0.2) is 78.1 Å². The topological polar surface area (TPSA) is 64.1 Å². The number of hydrogen-bond donors (Lipinski definition) is 1. The van der Waals surface area contributed by atoms with Crippen LogP contribution >= 0.6 is 0 Å². The zero-order chi connectivity index (χ0) is 14.7. The van der Waals surface area contributed by atoms with Gasteiger partial charge in [0.05, 0.1) is 5.92 Å². The number of likely N-dealkylation sites (N-methyl/N-ethyl adjacent to an activating group) is 2. The second kappa shape index (κ2) is 6.43. The first kappa shape index (κ1) is 15.1. The molecular formula is C14H25N3O3. The molecule has 2 amide bonds. The molecule has 2 fully saturated rings. The number of amides is 2. The molecule has 0 aromatic carbocycles. The van der Waals surface area contributed by atoms with Crippen molar-refractivity contribution in [1.29, 1.82) is 0 Å². The SMILES string of the molecule is CN1CCCC(N(C)C(=O)N2CCC(C(=O)O)CC2)C1. The van der Waals surface area contributed by atoms with E-state index in [1.807, 2.05) is 11.9 Å². The summed E-state index contributed by atoms with van der Waals surface area (Å²) in [6.07, 6.45) is 3.32. The van der Waals surface area contributed by atoms with E-state index in [0.29, 0.717) is 25.9 Å². The Morgan fingerprint density at radius 2 is 1.80 bits per heavy atom. The lowest BCUT2D eigenvalue weighted by Crippen LogP contribution is -2.53. The minimum atomic E-state index is -0.737. The van der Waals surface area contributed by atoms with Crippen molar-refractivity contribution in [3.8, 4) is 0 Å². The van der Waals surface area contributed by atoms with Crippen LogP contribution in [0, 0.1) is 5.92 Å². The quantitative estimate of drug-likeness (QED) is 0.819. The third kappa shape index (κ3) is 3.42. The molecule has 114 valence electrons. The van der Waals surface area contributed by atoms with E-state index in [2.05, 4.69) is 11.9 Å². The zero-order valence-electron chi connectivity index (χ0n) is 12.4. The Bertz CT molecular complexity index is 367. The maximum atomic E-state index is 12.5. The molecule has 0 aromatic rings. The minimum Gasteiger partial charge on any atom is -0.481 e. The van der Waals surface area contributed by atoms with Crippen molar-refractivity contribution >= 4 is 12.0 Å². The van der Waals surface area contributed by atoms with Gasteiger partial charge in [0.25, 0.3) is 0 Å². The molecule has 0 spiro atoms. The first-order valence-electron chi connectivity index (χ1n) is 7.42. The van der Waals surface area contributed by atoms with Crippen LogP contribution in [0.15, 0.2) is 0 Å². The van der Waals surface area contributed by atoms with E-state index >= 15 is 0 Å². The normalized spacial score (nSPS) is 25.5. The summed E-state index contributed by atoms with van der Waals surface area (Å²) in [6.45, 7) is 3.14. The van der Waals surface area contributed by atoms with Gasteiger partial charge in [-0.1, -0.05) is 0 Å². The highest BCUT2D eigenvalue weighted by Gasteiger charge is 2.31. The molecule has 2 heterocycles. The molecular weight excluding hydrogens is 258 g/mol. The molecule has 6 nitrogen and oxygen atoms in total. The van der Waals surface area contributed by atoms with Crippen molar-refractivity contribution in [2.75, 3.05) is 40.3 Å². The van der Waals surface area contributed by atoms with Gasteiger partial charge in [-0.2, -0.15) is 0 Å². The standard InChI is InChI=1S/C14H25N3O3/c1-15-7-3-4-12(10-15)16(2)14(20)17-8-5-11(6-9-17)13(18)19/h11-12H,3-10H2,1-2H3,(H,18,19). The number of rotatable bonds is 2. The van der Waals surface area contributed by atoms with Gasteiger partial charge in [-0.25, -0.2) is 4.79 Å². The lowest BCUT2D eigenvalue weighted by Gasteiger charge is -2.39. The van der Waals surface area contributed by atoms with Gasteiger partial charge >= 0.3 is 12.0 Å². The predicted molar refractivity (Wildman–Crippen MR) is 75.6 cm³/mol. The molecule has 20 heavy (non-hydrogen) atoms. The predicted octanol–water partition coefficient (Wildman–Crippen LogP) is 0.929. The molecule has 2 saturated heterocycles. The average Bonchev–Trinajstić information content (AvgIpc) is 2.46. The number of carboxylic acids is 1. The van der Waals surface area contributed by atoms with E-state index in [9.17, 15) is 9.59 Å². The summed E-state index contributed by atoms with van der Waals surface area (Å²) in [6, 6.07) is 0.326. The van der Waals surface area contributed by atoms with Crippen LogP contribution in [-0.2, 0) is 4.79 Å². The Balaban J connectivity index is 1.86. The highest BCUT2D eigenvalue weighted by atomic mass is 16.4. The summed E-state index contributed by atoms with van der Waals surface area (Å²) < 4.78 is 0. The molecule has 0 bridgehead atoms. The Kier molecular flexibility index (Phi) is 4.86. The molecule has 0 radical (unpaired) electrons. The van der Waals surface area contributed by atoms with Crippen molar-refractivity contribution in [2.24, 2.45) is 5.92 Å². The molecule has 1 atom stereocenters. The fraction of sp³-hybridized carbons (Fsp3) is 0.857. The monoisotopic (exact) mass is 283 g/mol. The Labute approximate surface area is 120 Å². The lowest BCUT2D eigenvalue weighted by atomic mass is 9.97. The lowest BCUT2D eigenvalue weighted by molar-refractivity contribution is -0.143. The van der Waals surface area contributed by atoms with Crippen molar-refractivity contribution in [2.45, 2.75) is 31.7 Å². The molecule has 2 aliphatic heterocycles. The van der Waals surface area contributed by atoms with E-state index in [4.69, 9.17) is 5.11 Å². The molecule has 1 unspecified atom stereocenters. The van der Waals surface area contributed by atoms with Gasteiger partial charge < -0.3 is 19.8 Å². The second-order valence-corrected chi connectivity index (χ2v) is 6.05. The van der Waals surface area contributed by atoms with Gasteiger partial charge in [0.1, 0.15) is 0 Å². The van der Waals surface area contributed by atoms with E-state index < -0.39 is 5.97 Å². The van der Waals surface area contributed by atoms with Gasteiger partial charge in [0, 0.05) is 32.7 Å². The second-order valence-electron chi connectivity index (χ2n) is 6.05. The van der Waals surface area contributed by atoms with E-state index in [1.54, 1.807) is 4.90 Å². The molecule has 1 N–H and O–H groups in total. The summed E-state index contributed by atoms with van der Waals surface area (Å²) in [5.74, 6) is -1.02. The molecule has 0 aliphatic carbocycles. The van der Waals surface area contributed by atoms with Crippen LogP contribution < -0.4 is 0 Å². The van der Waals surface area contributed by atoms with Crippen molar-refractivity contribution < 1.29 is 14.7 Å². The number of likely N-dealkylation sites (tertiary alicyclic amines) is 2. The number of piperidine rings is 2. The largest absolute Gasteiger partial charge is 0.481 e. The molecule has 0 aromatic heterocycles. The first-order chi connectivity index (χ1) is 9.49. The Hall–Kier alpha value is -1.30. The third-order valence-corrected chi connectivity index (χ3v) is 4.56. The molecule has 2 rings (SSSR count). The van der Waals surface area contributed by atoms with E-state index in [1.165, 1.54) is 0 Å². The summed E-state index contributed by atoms with van der Waals surface area (Å²) in [7, 11) is 3.96. The van der Waals surface area contributed by atoms with E-state index in [-0.39, 0.29) is 18.0 Å². The van der Waals surface area contributed by atoms with Crippen LogP contribution in [0.3, 0.4) is 0 Å². The number of aliphatic carboxylic acids is 1. The first-order valence-corrected chi connectivity index (χ1v) is 7.42. The van der Waals surface area contributed by atoms with Crippen molar-refractivity contribution in [3.63, 3.8) is 0 Å². The summed E-state index contributed by atoms with van der Waals surface area (Å²) in [5.41, 5.74) is 0. The number of nitrogens with zero attached hydrogens (tertiary/aromatic N) is 3. The van der Waals surface area contributed by atoms with Gasteiger partial charge in [-0.05, 0) is 39.3 Å². The smallest absolute Gasteiger partial charge is 0.320 e. The molecule has 0 saturated carbocycles. The van der Waals surface area contributed by atoms with Crippen molar-refractivity contribution in [3.05, 3.63) is 0 Å². The van der Waals surface area contributed by atoms with Crippen LogP contribution in [0.4, 0.5) is 4.79 Å². The van der Waals surface area contributed by atoms with Crippen LogP contribution in [0.5, 0.6) is 0 Å². The maximum Gasteiger partial charge on any atom is 0.320 e. The summed E-state index contributed by atoms with van der Waals surface area (Å²) >= 11 is 0. The van der Waals surface area contributed by atoms with E-state index in [0.717, 1.165) is 25.9 Å². The maximum absolute atomic E-state index is 12.5. The van der Waals surface area contributed by atoms with Gasteiger partial charge in [-0.3, -0.25) is 4.79 Å². The Morgan fingerprint density at radius 1 is 1.15 bits per heavy atom. The van der Waals surface area contributed by atoms with Gasteiger partial charge in [0.15, 0.2) is 0 Å². The molecule has 6 heteroatoms. The fourth-order valence-corrected chi connectivity index (χ4v) is 3.15. The molecule has 2 aliphatic rings. The van der Waals surface area contributed by atoms with Crippen molar-refractivity contribution in [1.82, 2.24) is 14.7 Å². The number of carbonyl (C=O) groups excluding carboxylic acids is 1. The zero-order valence-corrected chi connectivity index (χ0v) is 12.4. The van der Waals surface area contributed by atoms with Gasteiger partial charge in [-0.15, -0.1) is 0 Å². The highest BCUT2D eigenvalue weighted by molar-refractivity contribution is 5.75. The summed E-state index contributed by atoms with van der Waals surface area (Å²) in [4.78, 5) is 29.3. The van der Waals surface area contributed by atoms with Gasteiger partial charge in [0.2, 0.25) is 0 Å². The average molecular weight is 283 g/mol. The number of carbonyl (C=O) groups is 2. The highest BCUT2D eigenvalue weighted by Crippen LogP contribution is 2.20. The fourth-order valence-electron chi connectivity index (χ4n) is 3.15. The third-order valence-electron chi connectivity index (χ3n) is 4.56. The van der Waals surface area contributed by atoms with Crippen LogP contribution in [0.25, 0.3) is 0 Å². The number of carboxylic acid groups (broad SMARTS) is 1. The number of hydrogen-bond acceptors (Lipinski definition) is 3. The minimum absolute atomic E-state index is 0.0501. The number of urea groups is 1. The summed E-state index contributed by atoms with van der Waals surface area (Å²) in [5, 5.41) is 8.99.